The fourth-order valence-electron chi connectivity index (χ4n) is 2.53. The molecular formula is C18H20Cl2N3O2+. The summed E-state index contributed by atoms with van der Waals surface area (Å²) in [7, 11) is 1.46. The summed E-state index contributed by atoms with van der Waals surface area (Å²) in [5.74, 6) is -0.400. The van der Waals surface area contributed by atoms with Gasteiger partial charge in [0, 0.05) is 23.2 Å². The third-order valence-corrected chi connectivity index (χ3v) is 4.40. The van der Waals surface area contributed by atoms with Crippen molar-refractivity contribution in [3.63, 3.8) is 0 Å². The highest BCUT2D eigenvalue weighted by Crippen LogP contribution is 2.25. The van der Waals surface area contributed by atoms with Gasteiger partial charge in [-0.1, -0.05) is 59.6 Å². The molecule has 7 heteroatoms. The van der Waals surface area contributed by atoms with Crippen LogP contribution in [0.3, 0.4) is 0 Å². The Labute approximate surface area is 156 Å². The predicted molar refractivity (Wildman–Crippen MR) is 98.6 cm³/mol. The number of rotatable bonds is 5. The van der Waals surface area contributed by atoms with Crippen molar-refractivity contribution in [2.24, 2.45) is 0 Å². The molecule has 132 valence electrons. The summed E-state index contributed by atoms with van der Waals surface area (Å²) in [6.07, 6.45) is 0. The zero-order chi connectivity index (χ0) is 18.4. The average molecular weight is 381 g/mol. The molecule has 0 aromatic heterocycles. The van der Waals surface area contributed by atoms with Gasteiger partial charge in [-0.05, 0) is 19.1 Å². The molecule has 0 bridgehead atoms. The monoisotopic (exact) mass is 380 g/mol. The van der Waals surface area contributed by atoms with E-state index >= 15 is 0 Å². The summed E-state index contributed by atoms with van der Waals surface area (Å²) in [5, 5.41) is 7.67. The first-order chi connectivity index (χ1) is 11.9. The van der Waals surface area contributed by atoms with Gasteiger partial charge in [0.25, 0.3) is 5.91 Å². The molecule has 2 aromatic rings. The van der Waals surface area contributed by atoms with Crippen molar-refractivity contribution in [1.29, 1.82) is 0 Å². The first kappa shape index (κ1) is 19.2. The maximum atomic E-state index is 12.6. The van der Waals surface area contributed by atoms with E-state index in [1.807, 2.05) is 48.6 Å². The van der Waals surface area contributed by atoms with Crippen molar-refractivity contribution in [1.82, 2.24) is 10.6 Å². The molecule has 0 unspecified atom stereocenters. The van der Waals surface area contributed by atoms with Crippen molar-refractivity contribution in [2.45, 2.75) is 19.0 Å². The number of nitrogens with one attached hydrogen (secondary N) is 2. The first-order valence-electron chi connectivity index (χ1n) is 7.79. The second-order valence-corrected chi connectivity index (χ2v) is 6.45. The lowest BCUT2D eigenvalue weighted by atomic mass is 10.0. The van der Waals surface area contributed by atoms with E-state index in [0.29, 0.717) is 10.0 Å². The zero-order valence-electron chi connectivity index (χ0n) is 13.9. The molecule has 2 atom stereocenters. The Morgan fingerprint density at radius 2 is 1.76 bits per heavy atom. The number of carbonyl (C=O) groups is 2. The van der Waals surface area contributed by atoms with Crippen LogP contribution in [0.1, 0.15) is 30.1 Å². The van der Waals surface area contributed by atoms with E-state index in [0.717, 1.165) is 11.1 Å². The maximum Gasteiger partial charge on any atom is 0.321 e. The number of carbonyl (C=O) groups excluding carboxylic acids is 2. The van der Waals surface area contributed by atoms with E-state index in [-0.39, 0.29) is 6.04 Å². The molecule has 2 rings (SSSR count). The first-order valence-corrected chi connectivity index (χ1v) is 8.55. The van der Waals surface area contributed by atoms with Gasteiger partial charge in [0.05, 0.1) is 5.02 Å². The fraction of sp³-hybridized carbons (Fsp3) is 0.222. The summed E-state index contributed by atoms with van der Waals surface area (Å²) in [6, 6.07) is 13.3. The summed E-state index contributed by atoms with van der Waals surface area (Å²) < 4.78 is 0. The predicted octanol–water partition coefficient (Wildman–Crippen LogP) is 2.81. The smallest absolute Gasteiger partial charge is 0.321 e. The average Bonchev–Trinajstić information content (AvgIpc) is 2.59. The van der Waals surface area contributed by atoms with Crippen molar-refractivity contribution in [3.8, 4) is 0 Å². The molecule has 5 nitrogen and oxygen atoms in total. The highest BCUT2D eigenvalue weighted by Gasteiger charge is 2.28. The standard InChI is InChI=1S/C18H19Cl2N3O2/c1-11(14-9-8-13(19)10-15(14)20)22-16(12-6-4-3-5-7-12)17(24)23-18(25)21-2/h3-11,16,22H,1-2H3,(H2,21,23,24,25)/p+1/t11-,16+/m0/s1. The quantitative estimate of drug-likeness (QED) is 0.745. The Morgan fingerprint density at radius 3 is 2.36 bits per heavy atom. The molecule has 0 aliphatic carbocycles. The molecule has 0 radical (unpaired) electrons. The normalized spacial score (nSPS) is 13.0. The Bertz CT molecular complexity index is 753. The number of urea groups is 1. The number of benzene rings is 2. The number of hydrogen-bond donors (Lipinski definition) is 3. The molecule has 25 heavy (non-hydrogen) atoms. The molecule has 0 saturated carbocycles. The van der Waals surface area contributed by atoms with Gasteiger partial charge in [-0.2, -0.15) is 0 Å². The van der Waals surface area contributed by atoms with Gasteiger partial charge in [0.1, 0.15) is 6.04 Å². The lowest BCUT2D eigenvalue weighted by molar-refractivity contribution is -0.719. The van der Waals surface area contributed by atoms with Crippen LogP contribution in [-0.2, 0) is 4.79 Å². The topological polar surface area (TPSA) is 74.8 Å². The van der Waals surface area contributed by atoms with E-state index in [1.165, 1.54) is 7.05 Å². The molecule has 3 amide bonds. The van der Waals surface area contributed by atoms with Gasteiger partial charge in [-0.25, -0.2) is 4.79 Å². The largest absolute Gasteiger partial charge is 0.341 e. The van der Waals surface area contributed by atoms with E-state index < -0.39 is 18.0 Å². The molecule has 0 saturated heterocycles. The number of imide groups is 1. The summed E-state index contributed by atoms with van der Waals surface area (Å²) in [5.41, 5.74) is 1.65. The van der Waals surface area contributed by atoms with Crippen LogP contribution < -0.4 is 16.0 Å². The van der Waals surface area contributed by atoms with Crippen molar-refractivity contribution >= 4 is 35.1 Å². The van der Waals surface area contributed by atoms with Gasteiger partial charge in [-0.15, -0.1) is 0 Å². The Morgan fingerprint density at radius 1 is 1.08 bits per heavy atom. The summed E-state index contributed by atoms with van der Waals surface area (Å²) in [6.45, 7) is 1.94. The van der Waals surface area contributed by atoms with Crippen LogP contribution in [0, 0.1) is 0 Å². The Balaban J connectivity index is 2.26. The van der Waals surface area contributed by atoms with Crippen LogP contribution in [0.4, 0.5) is 4.79 Å². The van der Waals surface area contributed by atoms with E-state index in [2.05, 4.69) is 10.6 Å². The van der Waals surface area contributed by atoms with E-state index in [1.54, 1.807) is 12.1 Å². The Kier molecular flexibility index (Phi) is 6.82. The van der Waals surface area contributed by atoms with Crippen LogP contribution in [-0.4, -0.2) is 19.0 Å². The lowest BCUT2D eigenvalue weighted by Gasteiger charge is -2.20. The minimum Gasteiger partial charge on any atom is -0.341 e. The zero-order valence-corrected chi connectivity index (χ0v) is 15.4. The maximum absolute atomic E-state index is 12.6. The van der Waals surface area contributed by atoms with Crippen molar-refractivity contribution in [2.75, 3.05) is 7.05 Å². The molecular weight excluding hydrogens is 361 g/mol. The van der Waals surface area contributed by atoms with Crippen LogP contribution in [0.2, 0.25) is 10.0 Å². The molecule has 4 N–H and O–H groups in total. The number of hydrogen-bond acceptors (Lipinski definition) is 2. The number of halogens is 2. The second-order valence-electron chi connectivity index (χ2n) is 5.60. The highest BCUT2D eigenvalue weighted by molar-refractivity contribution is 6.35. The van der Waals surface area contributed by atoms with Gasteiger partial charge in [0.2, 0.25) is 0 Å². The van der Waals surface area contributed by atoms with Gasteiger partial charge < -0.3 is 10.6 Å². The minimum atomic E-state index is -0.597. The Hall–Kier alpha value is -2.08. The molecule has 0 fully saturated rings. The lowest BCUT2D eigenvalue weighted by Crippen LogP contribution is -2.88. The summed E-state index contributed by atoms with van der Waals surface area (Å²) in [4.78, 5) is 24.1. The highest BCUT2D eigenvalue weighted by atomic mass is 35.5. The van der Waals surface area contributed by atoms with Gasteiger partial charge in [-0.3, -0.25) is 10.1 Å². The second kappa shape index (κ2) is 8.85. The number of nitrogens with two attached hydrogens (primary N) is 1. The van der Waals surface area contributed by atoms with Crippen molar-refractivity contribution < 1.29 is 14.9 Å². The van der Waals surface area contributed by atoms with E-state index in [4.69, 9.17) is 23.2 Å². The third kappa shape index (κ3) is 5.19. The van der Waals surface area contributed by atoms with Gasteiger partial charge in [0.15, 0.2) is 6.04 Å². The number of amides is 3. The van der Waals surface area contributed by atoms with Crippen molar-refractivity contribution in [3.05, 3.63) is 69.7 Å². The molecule has 0 aliphatic heterocycles. The van der Waals surface area contributed by atoms with Crippen LogP contribution >= 0.6 is 23.2 Å². The van der Waals surface area contributed by atoms with Gasteiger partial charge >= 0.3 is 6.03 Å². The molecule has 0 aliphatic rings. The van der Waals surface area contributed by atoms with Crippen LogP contribution in [0.5, 0.6) is 0 Å². The number of quaternary nitrogens is 1. The van der Waals surface area contributed by atoms with Crippen LogP contribution in [0.15, 0.2) is 48.5 Å². The minimum absolute atomic E-state index is 0.120. The SMILES string of the molecule is CNC(=O)NC(=O)[C@H]([NH2+][C@@H](C)c1ccc(Cl)cc1Cl)c1ccccc1. The molecule has 0 spiro atoms. The summed E-state index contributed by atoms with van der Waals surface area (Å²) >= 11 is 12.2. The molecule has 0 heterocycles. The fourth-order valence-corrected chi connectivity index (χ4v) is 3.11. The van der Waals surface area contributed by atoms with E-state index in [9.17, 15) is 9.59 Å². The third-order valence-electron chi connectivity index (χ3n) is 3.84. The van der Waals surface area contributed by atoms with Crippen LogP contribution in [0.25, 0.3) is 0 Å². The molecule has 2 aromatic carbocycles.